The molecule has 0 unspecified atom stereocenters. The van der Waals surface area contributed by atoms with E-state index in [9.17, 15) is 13.2 Å². The van der Waals surface area contributed by atoms with Crippen molar-refractivity contribution in [3.8, 4) is 11.4 Å². The van der Waals surface area contributed by atoms with Crippen molar-refractivity contribution in [1.82, 2.24) is 14.4 Å². The van der Waals surface area contributed by atoms with Crippen LogP contribution in [0.5, 0.6) is 0 Å². The number of rotatable bonds is 6. The largest absolute Gasteiger partial charge is 0.455 e. The number of ether oxygens (including phenoxy) is 1. The summed E-state index contributed by atoms with van der Waals surface area (Å²) >= 11 is 2.72. The highest BCUT2D eigenvalue weighted by Crippen LogP contribution is 2.27. The van der Waals surface area contributed by atoms with Crippen LogP contribution in [0.4, 0.5) is 0 Å². The van der Waals surface area contributed by atoms with Gasteiger partial charge in [-0.25, -0.2) is 8.42 Å². The Hall–Kier alpha value is -2.08. The molecule has 4 heterocycles. The van der Waals surface area contributed by atoms with E-state index >= 15 is 0 Å². The number of piperidine rings is 1. The molecule has 0 aromatic carbocycles. The summed E-state index contributed by atoms with van der Waals surface area (Å²) < 4.78 is 37.2. The molecule has 1 fully saturated rings. The summed E-state index contributed by atoms with van der Waals surface area (Å²) in [6, 6.07) is 5.18. The lowest BCUT2D eigenvalue weighted by Crippen LogP contribution is -2.40. The minimum atomic E-state index is -3.47. The van der Waals surface area contributed by atoms with E-state index in [4.69, 9.17) is 9.26 Å². The van der Waals surface area contributed by atoms with Crippen molar-refractivity contribution in [2.75, 3.05) is 13.1 Å². The van der Waals surface area contributed by atoms with Gasteiger partial charge in [-0.1, -0.05) is 11.2 Å². The number of hydrogen-bond donors (Lipinski definition) is 0. The van der Waals surface area contributed by atoms with Gasteiger partial charge < -0.3 is 9.26 Å². The summed E-state index contributed by atoms with van der Waals surface area (Å²) in [4.78, 5) is 16.5. The summed E-state index contributed by atoms with van der Waals surface area (Å²) in [7, 11) is -3.47. The van der Waals surface area contributed by atoms with Crippen molar-refractivity contribution in [1.29, 1.82) is 0 Å². The van der Waals surface area contributed by atoms with Crippen LogP contribution < -0.4 is 0 Å². The second-order valence-electron chi connectivity index (χ2n) is 6.24. The van der Waals surface area contributed by atoms with Gasteiger partial charge in [-0.3, -0.25) is 4.79 Å². The molecule has 3 aromatic heterocycles. The first kappa shape index (κ1) is 19.2. The van der Waals surface area contributed by atoms with E-state index in [0.29, 0.717) is 36.0 Å². The van der Waals surface area contributed by atoms with Gasteiger partial charge in [0.15, 0.2) is 6.61 Å². The first-order chi connectivity index (χ1) is 13.5. The van der Waals surface area contributed by atoms with Gasteiger partial charge >= 0.3 is 5.97 Å². The quantitative estimate of drug-likeness (QED) is 0.544. The third kappa shape index (κ3) is 4.02. The van der Waals surface area contributed by atoms with Crippen LogP contribution >= 0.6 is 22.7 Å². The third-order valence-electron chi connectivity index (χ3n) is 4.46. The topological polar surface area (TPSA) is 103 Å². The van der Waals surface area contributed by atoms with E-state index in [0.717, 1.165) is 5.56 Å². The van der Waals surface area contributed by atoms with Crippen molar-refractivity contribution >= 4 is 38.7 Å². The zero-order valence-corrected chi connectivity index (χ0v) is 17.1. The molecule has 0 radical (unpaired) electrons. The van der Waals surface area contributed by atoms with E-state index < -0.39 is 10.0 Å². The number of nitrogens with zero attached hydrogens (tertiary/aromatic N) is 3. The highest BCUT2D eigenvalue weighted by atomic mass is 32.2. The minimum Gasteiger partial charge on any atom is -0.455 e. The van der Waals surface area contributed by atoms with Crippen molar-refractivity contribution < 1.29 is 22.5 Å². The molecular weight excluding hydrogens is 422 g/mol. The number of hydrogen-bond acceptors (Lipinski definition) is 9. The standard InChI is InChI=1S/C17H17N3O5S3/c21-17(24-10-14-18-16(19-25-14)13-5-9-26-11-13)12-3-6-20(7-4-12)28(22,23)15-2-1-8-27-15/h1-2,5,8-9,11-12H,3-4,6-7,10H2. The van der Waals surface area contributed by atoms with Gasteiger partial charge in [0.25, 0.3) is 15.9 Å². The van der Waals surface area contributed by atoms with Crippen LogP contribution in [0.3, 0.4) is 0 Å². The monoisotopic (exact) mass is 439 g/mol. The lowest BCUT2D eigenvalue weighted by atomic mass is 9.98. The number of thiophene rings is 2. The lowest BCUT2D eigenvalue weighted by Gasteiger charge is -2.29. The van der Waals surface area contributed by atoms with Crippen molar-refractivity contribution in [3.05, 3.63) is 40.2 Å². The Labute approximate surface area is 169 Å². The lowest BCUT2D eigenvalue weighted by molar-refractivity contribution is -0.152. The molecular formula is C17H17N3O5S3. The molecule has 1 aliphatic rings. The van der Waals surface area contributed by atoms with Crippen LogP contribution in [-0.4, -0.2) is 41.9 Å². The van der Waals surface area contributed by atoms with Crippen molar-refractivity contribution in [2.45, 2.75) is 23.7 Å². The van der Waals surface area contributed by atoms with Gasteiger partial charge in [0, 0.05) is 24.0 Å². The molecule has 1 saturated heterocycles. The molecule has 0 aliphatic carbocycles. The van der Waals surface area contributed by atoms with Gasteiger partial charge in [-0.2, -0.15) is 20.6 Å². The maximum atomic E-state index is 12.5. The number of aromatic nitrogens is 2. The summed E-state index contributed by atoms with van der Waals surface area (Å²) in [5.74, 6) is -0.0239. The summed E-state index contributed by atoms with van der Waals surface area (Å²) in [5, 5.41) is 9.42. The molecule has 0 bridgehead atoms. The predicted octanol–water partition coefficient (Wildman–Crippen LogP) is 3.00. The van der Waals surface area contributed by atoms with Crippen molar-refractivity contribution in [2.24, 2.45) is 5.92 Å². The average molecular weight is 440 g/mol. The van der Waals surface area contributed by atoms with Crippen LogP contribution in [0, 0.1) is 5.92 Å². The zero-order chi connectivity index (χ0) is 19.6. The number of esters is 1. The third-order valence-corrected chi connectivity index (χ3v) is 8.42. The van der Waals surface area contributed by atoms with E-state index in [1.54, 1.807) is 17.5 Å². The average Bonchev–Trinajstić information content (AvgIpc) is 3.48. The molecule has 4 rings (SSSR count). The summed E-state index contributed by atoms with van der Waals surface area (Å²) in [6.07, 6.45) is 0.848. The molecule has 0 spiro atoms. The zero-order valence-electron chi connectivity index (χ0n) is 14.7. The molecule has 0 amide bonds. The van der Waals surface area contributed by atoms with Crippen LogP contribution in [0.15, 0.2) is 43.1 Å². The van der Waals surface area contributed by atoms with Gasteiger partial charge in [-0.05, 0) is 35.7 Å². The second kappa shape index (κ2) is 8.11. The highest BCUT2D eigenvalue weighted by molar-refractivity contribution is 7.91. The molecule has 28 heavy (non-hydrogen) atoms. The number of carbonyl (C=O) groups is 1. The fraction of sp³-hybridized carbons (Fsp3) is 0.353. The normalized spacial score (nSPS) is 16.3. The minimum absolute atomic E-state index is 0.0936. The number of sulfonamides is 1. The van der Waals surface area contributed by atoms with Crippen LogP contribution in [0.1, 0.15) is 18.7 Å². The van der Waals surface area contributed by atoms with E-state index in [1.807, 2.05) is 16.8 Å². The van der Waals surface area contributed by atoms with E-state index in [-0.39, 0.29) is 24.4 Å². The molecule has 0 atom stereocenters. The predicted molar refractivity (Wildman–Crippen MR) is 103 cm³/mol. The molecule has 0 N–H and O–H groups in total. The Kier molecular flexibility index (Phi) is 5.58. The number of carbonyl (C=O) groups excluding carboxylic acids is 1. The second-order valence-corrected chi connectivity index (χ2v) is 10.1. The fourth-order valence-electron chi connectivity index (χ4n) is 2.94. The Morgan fingerprint density at radius 2 is 2.11 bits per heavy atom. The summed E-state index contributed by atoms with van der Waals surface area (Å²) in [6.45, 7) is 0.495. The first-order valence-electron chi connectivity index (χ1n) is 8.59. The van der Waals surface area contributed by atoms with E-state index in [1.165, 1.54) is 27.0 Å². The maximum absolute atomic E-state index is 12.5. The molecule has 148 valence electrons. The first-order valence-corrected chi connectivity index (χ1v) is 11.9. The Bertz CT molecular complexity index is 1020. The molecule has 1 aliphatic heterocycles. The Morgan fingerprint density at radius 3 is 2.79 bits per heavy atom. The fourth-order valence-corrected chi connectivity index (χ4v) is 6.19. The Balaban J connectivity index is 1.29. The van der Waals surface area contributed by atoms with Crippen LogP contribution in [-0.2, 0) is 26.2 Å². The van der Waals surface area contributed by atoms with Gasteiger partial charge in [-0.15, -0.1) is 11.3 Å². The summed E-state index contributed by atoms with van der Waals surface area (Å²) in [5.41, 5.74) is 0.852. The van der Waals surface area contributed by atoms with Crippen LogP contribution in [0.2, 0.25) is 0 Å². The molecule has 11 heteroatoms. The van der Waals surface area contributed by atoms with Gasteiger partial charge in [0.05, 0.1) is 5.92 Å². The highest BCUT2D eigenvalue weighted by Gasteiger charge is 2.33. The smallest absolute Gasteiger partial charge is 0.309 e. The molecule has 0 saturated carbocycles. The van der Waals surface area contributed by atoms with Crippen molar-refractivity contribution in [3.63, 3.8) is 0 Å². The van der Waals surface area contributed by atoms with Gasteiger partial charge in [0.1, 0.15) is 4.21 Å². The maximum Gasteiger partial charge on any atom is 0.309 e. The van der Waals surface area contributed by atoms with Gasteiger partial charge in [0.2, 0.25) is 5.82 Å². The van der Waals surface area contributed by atoms with Crippen LogP contribution in [0.25, 0.3) is 11.4 Å². The molecule has 3 aromatic rings. The Morgan fingerprint density at radius 1 is 1.29 bits per heavy atom. The SMILES string of the molecule is O=C(OCc1nc(-c2ccsc2)no1)C1CCN(S(=O)(=O)c2cccs2)CC1. The van der Waals surface area contributed by atoms with E-state index in [2.05, 4.69) is 10.1 Å². The molecule has 8 nitrogen and oxygen atoms in total.